The molecule has 6 heteroatoms. The number of benzene rings is 2. The van der Waals surface area contributed by atoms with Crippen LogP contribution in [0, 0.1) is 0 Å². The average molecular weight is 441 g/mol. The number of alkyl carbamates (subject to hydrolysis) is 1. The summed E-state index contributed by atoms with van der Waals surface area (Å²) in [4.78, 5) is 24.1. The molecule has 2 N–H and O–H groups in total. The minimum atomic E-state index is -0.552. The fraction of sp³-hybridized carbons (Fsp3) is 0.462. The first kappa shape index (κ1) is 25.4. The molecule has 0 fully saturated rings. The van der Waals surface area contributed by atoms with Crippen molar-refractivity contribution in [3.05, 3.63) is 65.7 Å². The van der Waals surface area contributed by atoms with Crippen molar-refractivity contribution in [3.8, 4) is 0 Å². The topological polar surface area (TPSA) is 76.7 Å². The third-order valence-electron chi connectivity index (χ3n) is 4.61. The number of hydrogen-bond donors (Lipinski definition) is 2. The molecule has 2 aromatic carbocycles. The molecule has 2 aromatic rings. The number of ether oxygens (including phenoxy) is 2. The van der Waals surface area contributed by atoms with Crippen molar-refractivity contribution in [1.29, 1.82) is 0 Å². The van der Waals surface area contributed by atoms with Crippen molar-refractivity contribution in [3.63, 3.8) is 0 Å². The molecule has 0 heterocycles. The zero-order valence-corrected chi connectivity index (χ0v) is 19.5. The van der Waals surface area contributed by atoms with Crippen molar-refractivity contribution < 1.29 is 19.1 Å². The standard InChI is InChI=1S/C26H36N2O4/c1-26(2,3)32-25(30)28-17-15-24(29)22-13-10-14-23(19-22)27-16-8-5-9-18-31-20-21-11-6-4-7-12-21/h4,6-7,10-14,19,27H,5,8-9,15-18,20H2,1-3H3,(H,28,30). The number of amides is 1. The fourth-order valence-electron chi connectivity index (χ4n) is 3.04. The molecule has 0 atom stereocenters. The summed E-state index contributed by atoms with van der Waals surface area (Å²) in [6.07, 6.45) is 2.86. The molecular formula is C26H36N2O4. The van der Waals surface area contributed by atoms with Gasteiger partial charge in [0, 0.05) is 37.4 Å². The first-order valence-electron chi connectivity index (χ1n) is 11.3. The Morgan fingerprint density at radius 1 is 0.906 bits per heavy atom. The summed E-state index contributed by atoms with van der Waals surface area (Å²) in [6.45, 7) is 7.92. The van der Waals surface area contributed by atoms with Gasteiger partial charge < -0.3 is 20.1 Å². The third-order valence-corrected chi connectivity index (χ3v) is 4.61. The van der Waals surface area contributed by atoms with Gasteiger partial charge in [-0.3, -0.25) is 4.79 Å². The first-order valence-corrected chi connectivity index (χ1v) is 11.3. The second-order valence-corrected chi connectivity index (χ2v) is 8.71. The first-order chi connectivity index (χ1) is 15.3. The fourth-order valence-corrected chi connectivity index (χ4v) is 3.04. The molecule has 0 bridgehead atoms. The van der Waals surface area contributed by atoms with E-state index in [2.05, 4.69) is 22.8 Å². The lowest BCUT2D eigenvalue weighted by Gasteiger charge is -2.19. The van der Waals surface area contributed by atoms with Gasteiger partial charge in [0.05, 0.1) is 6.61 Å². The van der Waals surface area contributed by atoms with Gasteiger partial charge in [0.2, 0.25) is 0 Å². The monoisotopic (exact) mass is 440 g/mol. The van der Waals surface area contributed by atoms with E-state index in [1.807, 2.05) is 36.4 Å². The maximum absolute atomic E-state index is 12.4. The highest BCUT2D eigenvalue weighted by atomic mass is 16.6. The van der Waals surface area contributed by atoms with E-state index >= 15 is 0 Å². The Morgan fingerprint density at radius 2 is 1.69 bits per heavy atom. The predicted octanol–water partition coefficient (Wildman–Crippen LogP) is 5.58. The SMILES string of the molecule is CC(C)(C)OC(=O)NCCC(=O)c1cccc(NCCCCCOCc2ccccc2)c1. The van der Waals surface area contributed by atoms with E-state index in [9.17, 15) is 9.59 Å². The molecule has 0 unspecified atom stereocenters. The number of rotatable bonds is 13. The van der Waals surface area contributed by atoms with Crippen molar-refractivity contribution in [2.75, 3.05) is 25.0 Å². The van der Waals surface area contributed by atoms with Gasteiger partial charge in [-0.05, 0) is 57.7 Å². The minimum Gasteiger partial charge on any atom is -0.444 e. The van der Waals surface area contributed by atoms with Gasteiger partial charge in [0.15, 0.2) is 5.78 Å². The molecule has 0 aliphatic carbocycles. The van der Waals surface area contributed by atoms with E-state index < -0.39 is 11.7 Å². The number of hydrogen-bond acceptors (Lipinski definition) is 5. The summed E-state index contributed by atoms with van der Waals surface area (Å²) in [5.74, 6) is -0.0136. The van der Waals surface area contributed by atoms with Crippen LogP contribution in [0.1, 0.15) is 62.4 Å². The molecule has 1 amide bonds. The lowest BCUT2D eigenvalue weighted by atomic mass is 10.1. The molecule has 0 radical (unpaired) electrons. The summed E-state index contributed by atoms with van der Waals surface area (Å²) >= 11 is 0. The molecule has 0 spiro atoms. The van der Waals surface area contributed by atoms with Gasteiger partial charge in [0.25, 0.3) is 0 Å². The smallest absolute Gasteiger partial charge is 0.407 e. The van der Waals surface area contributed by atoms with Crippen LogP contribution in [0.2, 0.25) is 0 Å². The maximum Gasteiger partial charge on any atom is 0.407 e. The highest BCUT2D eigenvalue weighted by molar-refractivity contribution is 5.97. The van der Waals surface area contributed by atoms with E-state index in [4.69, 9.17) is 9.47 Å². The maximum atomic E-state index is 12.4. The Bertz CT molecular complexity index is 831. The quantitative estimate of drug-likeness (QED) is 0.314. The van der Waals surface area contributed by atoms with Crippen LogP contribution in [0.3, 0.4) is 0 Å². The zero-order chi connectivity index (χ0) is 23.2. The Morgan fingerprint density at radius 3 is 2.44 bits per heavy atom. The minimum absolute atomic E-state index is 0.0136. The second kappa shape index (κ2) is 13.5. The Labute approximate surface area is 191 Å². The summed E-state index contributed by atoms with van der Waals surface area (Å²) in [7, 11) is 0. The number of carbonyl (C=O) groups is 2. The summed E-state index contributed by atoms with van der Waals surface area (Å²) < 4.78 is 10.9. The van der Waals surface area contributed by atoms with E-state index in [0.717, 1.165) is 38.1 Å². The van der Waals surface area contributed by atoms with Gasteiger partial charge in [-0.15, -0.1) is 0 Å². The van der Waals surface area contributed by atoms with Gasteiger partial charge >= 0.3 is 6.09 Å². The lowest BCUT2D eigenvalue weighted by molar-refractivity contribution is 0.0527. The Hall–Kier alpha value is -2.86. The van der Waals surface area contributed by atoms with E-state index in [-0.39, 0.29) is 18.7 Å². The number of ketones is 1. The summed E-state index contributed by atoms with van der Waals surface area (Å²) in [5, 5.41) is 5.99. The Balaban J connectivity index is 1.58. The molecule has 32 heavy (non-hydrogen) atoms. The van der Waals surface area contributed by atoms with Gasteiger partial charge in [-0.25, -0.2) is 4.79 Å². The summed E-state index contributed by atoms with van der Waals surface area (Å²) in [6, 6.07) is 17.7. The number of anilines is 1. The van der Waals surface area contributed by atoms with Crippen LogP contribution >= 0.6 is 0 Å². The highest BCUT2D eigenvalue weighted by Gasteiger charge is 2.16. The molecule has 0 aromatic heterocycles. The molecule has 2 rings (SSSR count). The predicted molar refractivity (Wildman–Crippen MR) is 128 cm³/mol. The van der Waals surface area contributed by atoms with Crippen molar-refractivity contribution >= 4 is 17.6 Å². The van der Waals surface area contributed by atoms with Crippen LogP contribution in [0.25, 0.3) is 0 Å². The second-order valence-electron chi connectivity index (χ2n) is 8.71. The lowest BCUT2D eigenvalue weighted by Crippen LogP contribution is -2.33. The largest absolute Gasteiger partial charge is 0.444 e. The average Bonchev–Trinajstić information content (AvgIpc) is 2.75. The molecule has 6 nitrogen and oxygen atoms in total. The van der Waals surface area contributed by atoms with Gasteiger partial charge in [-0.1, -0.05) is 42.5 Å². The van der Waals surface area contributed by atoms with Crippen molar-refractivity contribution in [2.45, 2.75) is 58.7 Å². The number of nitrogens with one attached hydrogen (secondary N) is 2. The normalized spacial score (nSPS) is 11.1. The van der Waals surface area contributed by atoms with E-state index in [1.54, 1.807) is 26.8 Å². The molecule has 0 saturated carbocycles. The molecule has 0 aliphatic rings. The summed E-state index contributed by atoms with van der Waals surface area (Å²) in [5.41, 5.74) is 2.21. The number of carbonyl (C=O) groups excluding carboxylic acids is 2. The molecule has 174 valence electrons. The zero-order valence-electron chi connectivity index (χ0n) is 19.5. The van der Waals surface area contributed by atoms with Crippen LogP contribution in [-0.2, 0) is 16.1 Å². The van der Waals surface area contributed by atoms with Crippen molar-refractivity contribution in [2.24, 2.45) is 0 Å². The number of unbranched alkanes of at least 4 members (excludes halogenated alkanes) is 2. The van der Waals surface area contributed by atoms with Gasteiger partial charge in [-0.2, -0.15) is 0 Å². The molecule has 0 saturated heterocycles. The van der Waals surface area contributed by atoms with Crippen LogP contribution in [0.5, 0.6) is 0 Å². The van der Waals surface area contributed by atoms with E-state index in [0.29, 0.717) is 12.2 Å². The van der Waals surface area contributed by atoms with Gasteiger partial charge in [0.1, 0.15) is 5.60 Å². The molecule has 0 aliphatic heterocycles. The van der Waals surface area contributed by atoms with Crippen LogP contribution in [0.4, 0.5) is 10.5 Å². The third kappa shape index (κ3) is 11.0. The highest BCUT2D eigenvalue weighted by Crippen LogP contribution is 2.13. The molecular weight excluding hydrogens is 404 g/mol. The number of Topliss-reactive ketones (excluding diaryl/α,β-unsaturated/α-hetero) is 1. The van der Waals surface area contributed by atoms with Crippen molar-refractivity contribution in [1.82, 2.24) is 5.32 Å². The van der Waals surface area contributed by atoms with Crippen LogP contribution in [-0.4, -0.2) is 37.2 Å². The Kier molecular flexibility index (Phi) is 10.7. The van der Waals surface area contributed by atoms with Crippen LogP contribution in [0.15, 0.2) is 54.6 Å². The van der Waals surface area contributed by atoms with E-state index in [1.165, 1.54) is 5.56 Å². The van der Waals surface area contributed by atoms with Crippen LogP contribution < -0.4 is 10.6 Å².